The molecular formula is C19H13F2N3O2S2. The zero-order chi connectivity index (χ0) is 19.8. The molecule has 1 N–H and O–H groups in total. The summed E-state index contributed by atoms with van der Waals surface area (Å²) in [5, 5.41) is 4.73. The van der Waals surface area contributed by atoms with Crippen molar-refractivity contribution in [2.75, 3.05) is 5.32 Å². The zero-order valence-corrected chi connectivity index (χ0v) is 16.2. The quantitative estimate of drug-likeness (QED) is 0.535. The molecule has 3 aromatic heterocycles. The maximum atomic E-state index is 13.3. The number of amides is 1. The topological polar surface area (TPSA) is 64.0 Å². The molecule has 0 aliphatic rings. The van der Waals surface area contributed by atoms with Crippen LogP contribution in [0.2, 0.25) is 0 Å². The van der Waals surface area contributed by atoms with Crippen LogP contribution in [0.25, 0.3) is 20.7 Å². The Bertz CT molecular complexity index is 1240. The predicted octanol–water partition coefficient (Wildman–Crippen LogP) is 4.41. The first-order valence-electron chi connectivity index (χ1n) is 8.20. The maximum absolute atomic E-state index is 13.3. The van der Waals surface area contributed by atoms with Gasteiger partial charge in [0.25, 0.3) is 5.56 Å². The Morgan fingerprint density at radius 3 is 2.64 bits per heavy atom. The van der Waals surface area contributed by atoms with E-state index in [1.165, 1.54) is 22.2 Å². The fraction of sp³-hybridized carbons (Fsp3) is 0.105. The van der Waals surface area contributed by atoms with Gasteiger partial charge in [-0.1, -0.05) is 0 Å². The van der Waals surface area contributed by atoms with Gasteiger partial charge in [-0.25, -0.2) is 13.8 Å². The Balaban J connectivity index is 1.65. The normalized spacial score (nSPS) is 11.1. The standard InChI is InChI=1S/C19H13F2N3O2S2/c1-10-2-3-15(28-10)14-8-27-18-17(14)19(26)24(9-22-18)7-16(25)23-13-5-11(20)4-12(21)6-13/h2-6,8-9H,7H2,1H3,(H,23,25). The second kappa shape index (κ2) is 7.25. The first kappa shape index (κ1) is 18.5. The molecule has 0 saturated carbocycles. The van der Waals surface area contributed by atoms with Crippen molar-refractivity contribution in [3.05, 3.63) is 68.9 Å². The smallest absolute Gasteiger partial charge is 0.263 e. The van der Waals surface area contributed by atoms with Crippen LogP contribution in [0.4, 0.5) is 14.5 Å². The Hall–Kier alpha value is -2.91. The van der Waals surface area contributed by atoms with Crippen molar-refractivity contribution in [3.8, 4) is 10.4 Å². The van der Waals surface area contributed by atoms with E-state index in [1.54, 1.807) is 11.3 Å². The van der Waals surface area contributed by atoms with Crippen LogP contribution in [-0.2, 0) is 11.3 Å². The lowest BCUT2D eigenvalue weighted by atomic mass is 10.2. The summed E-state index contributed by atoms with van der Waals surface area (Å²) in [5.41, 5.74) is 0.431. The van der Waals surface area contributed by atoms with Gasteiger partial charge in [-0.2, -0.15) is 0 Å². The van der Waals surface area contributed by atoms with Crippen molar-refractivity contribution in [2.24, 2.45) is 0 Å². The fourth-order valence-corrected chi connectivity index (χ4v) is 4.68. The molecule has 28 heavy (non-hydrogen) atoms. The number of carbonyl (C=O) groups is 1. The lowest BCUT2D eigenvalue weighted by Gasteiger charge is -2.08. The van der Waals surface area contributed by atoms with Crippen molar-refractivity contribution in [2.45, 2.75) is 13.5 Å². The van der Waals surface area contributed by atoms with Gasteiger partial charge in [0.2, 0.25) is 5.91 Å². The van der Waals surface area contributed by atoms with Crippen molar-refractivity contribution in [1.82, 2.24) is 9.55 Å². The molecule has 3 heterocycles. The number of nitrogens with zero attached hydrogens (tertiary/aromatic N) is 2. The number of aryl methyl sites for hydroxylation is 1. The van der Waals surface area contributed by atoms with Crippen LogP contribution in [0.5, 0.6) is 0 Å². The number of rotatable bonds is 4. The van der Waals surface area contributed by atoms with Gasteiger partial charge in [0.1, 0.15) is 23.0 Å². The lowest BCUT2D eigenvalue weighted by molar-refractivity contribution is -0.116. The average molecular weight is 417 g/mol. The highest BCUT2D eigenvalue weighted by Crippen LogP contribution is 2.34. The molecule has 1 amide bonds. The van der Waals surface area contributed by atoms with Crippen LogP contribution in [0, 0.1) is 18.6 Å². The monoisotopic (exact) mass is 417 g/mol. The molecule has 0 fully saturated rings. The number of hydrogen-bond acceptors (Lipinski definition) is 5. The third kappa shape index (κ3) is 3.58. The van der Waals surface area contributed by atoms with Gasteiger partial charge in [0, 0.05) is 32.5 Å². The van der Waals surface area contributed by atoms with E-state index in [1.807, 2.05) is 24.4 Å². The second-order valence-electron chi connectivity index (χ2n) is 6.12. The van der Waals surface area contributed by atoms with Crippen molar-refractivity contribution in [1.29, 1.82) is 0 Å². The lowest BCUT2D eigenvalue weighted by Crippen LogP contribution is -2.27. The number of anilines is 1. The van der Waals surface area contributed by atoms with E-state index < -0.39 is 17.5 Å². The molecule has 0 saturated heterocycles. The molecule has 0 aliphatic heterocycles. The molecule has 0 bridgehead atoms. The van der Waals surface area contributed by atoms with Crippen LogP contribution in [0.1, 0.15) is 4.88 Å². The minimum atomic E-state index is -0.801. The molecule has 0 atom stereocenters. The number of thiophene rings is 2. The average Bonchev–Trinajstić information content (AvgIpc) is 3.22. The number of fused-ring (bicyclic) bond motifs is 1. The summed E-state index contributed by atoms with van der Waals surface area (Å²) < 4.78 is 27.7. The number of benzene rings is 1. The number of hydrogen-bond donors (Lipinski definition) is 1. The number of nitrogens with one attached hydrogen (secondary N) is 1. The number of carbonyl (C=O) groups excluding carboxylic acids is 1. The number of halogens is 2. The van der Waals surface area contributed by atoms with Crippen molar-refractivity contribution < 1.29 is 13.6 Å². The molecule has 5 nitrogen and oxygen atoms in total. The summed E-state index contributed by atoms with van der Waals surface area (Å²) in [6.45, 7) is 1.66. The molecule has 4 rings (SSSR count). The summed E-state index contributed by atoms with van der Waals surface area (Å²) >= 11 is 2.94. The molecule has 0 unspecified atom stereocenters. The molecule has 0 aliphatic carbocycles. The largest absolute Gasteiger partial charge is 0.324 e. The molecule has 1 aromatic carbocycles. The van der Waals surface area contributed by atoms with Gasteiger partial charge >= 0.3 is 0 Å². The highest BCUT2D eigenvalue weighted by molar-refractivity contribution is 7.19. The maximum Gasteiger partial charge on any atom is 0.263 e. The predicted molar refractivity (Wildman–Crippen MR) is 107 cm³/mol. The van der Waals surface area contributed by atoms with E-state index in [0.29, 0.717) is 16.3 Å². The van der Waals surface area contributed by atoms with Crippen LogP contribution in [0.3, 0.4) is 0 Å². The van der Waals surface area contributed by atoms with Crippen molar-refractivity contribution in [3.63, 3.8) is 0 Å². The van der Waals surface area contributed by atoms with Gasteiger partial charge in [-0.3, -0.25) is 14.2 Å². The summed E-state index contributed by atoms with van der Waals surface area (Å²) in [7, 11) is 0. The summed E-state index contributed by atoms with van der Waals surface area (Å²) in [5.74, 6) is -2.19. The summed E-state index contributed by atoms with van der Waals surface area (Å²) in [6.07, 6.45) is 1.30. The van der Waals surface area contributed by atoms with E-state index in [-0.39, 0.29) is 17.8 Å². The van der Waals surface area contributed by atoms with E-state index in [4.69, 9.17) is 0 Å². The van der Waals surface area contributed by atoms with Crippen LogP contribution < -0.4 is 10.9 Å². The Labute approximate surface area is 165 Å². The van der Waals surface area contributed by atoms with Crippen LogP contribution in [0.15, 0.2) is 46.8 Å². The SMILES string of the molecule is Cc1ccc(-c2csc3ncn(CC(=O)Nc4cc(F)cc(F)c4)c(=O)c23)s1. The van der Waals surface area contributed by atoms with Gasteiger partial charge in [0.05, 0.1) is 11.7 Å². The molecule has 9 heteroatoms. The summed E-state index contributed by atoms with van der Waals surface area (Å²) in [4.78, 5) is 32.1. The highest BCUT2D eigenvalue weighted by Gasteiger charge is 2.16. The second-order valence-corrected chi connectivity index (χ2v) is 8.27. The first-order chi connectivity index (χ1) is 13.4. The third-order valence-electron chi connectivity index (χ3n) is 4.03. The van der Waals surface area contributed by atoms with E-state index in [2.05, 4.69) is 10.3 Å². The van der Waals surface area contributed by atoms with Crippen LogP contribution in [-0.4, -0.2) is 15.5 Å². The Morgan fingerprint density at radius 1 is 1.21 bits per heavy atom. The molecule has 142 valence electrons. The van der Waals surface area contributed by atoms with E-state index >= 15 is 0 Å². The van der Waals surface area contributed by atoms with Gasteiger partial charge < -0.3 is 5.32 Å². The molecule has 0 radical (unpaired) electrons. The Kier molecular flexibility index (Phi) is 4.78. The minimum absolute atomic E-state index is 0.0186. The molecule has 0 spiro atoms. The zero-order valence-electron chi connectivity index (χ0n) is 14.5. The van der Waals surface area contributed by atoms with Crippen LogP contribution >= 0.6 is 22.7 Å². The Morgan fingerprint density at radius 2 is 1.96 bits per heavy atom. The van der Waals surface area contributed by atoms with E-state index in [0.717, 1.165) is 27.5 Å². The minimum Gasteiger partial charge on any atom is -0.324 e. The third-order valence-corrected chi connectivity index (χ3v) is 5.95. The van der Waals surface area contributed by atoms with E-state index in [9.17, 15) is 18.4 Å². The fourth-order valence-electron chi connectivity index (χ4n) is 2.82. The molecule has 4 aromatic rings. The number of aromatic nitrogens is 2. The first-order valence-corrected chi connectivity index (χ1v) is 9.90. The van der Waals surface area contributed by atoms with Gasteiger partial charge in [-0.05, 0) is 31.2 Å². The summed E-state index contributed by atoms with van der Waals surface area (Å²) in [6, 6.07) is 6.64. The molecular weight excluding hydrogens is 404 g/mol. The van der Waals surface area contributed by atoms with Gasteiger partial charge in [-0.15, -0.1) is 22.7 Å². The van der Waals surface area contributed by atoms with Crippen molar-refractivity contribution >= 4 is 44.5 Å². The highest BCUT2D eigenvalue weighted by atomic mass is 32.1. The van der Waals surface area contributed by atoms with Gasteiger partial charge in [0.15, 0.2) is 0 Å².